The largest absolute Gasteiger partial charge is 0.398 e. The molecule has 0 bridgehead atoms. The minimum Gasteiger partial charge on any atom is -0.398 e. The Morgan fingerprint density at radius 2 is 2.15 bits per heavy atom. The fraction of sp³-hybridized carbons (Fsp3) is 0.312. The Bertz CT molecular complexity index is 557. The van der Waals surface area contributed by atoms with Crippen molar-refractivity contribution in [2.45, 2.75) is 25.8 Å². The maximum Gasteiger partial charge on any atom is 0.123 e. The summed E-state index contributed by atoms with van der Waals surface area (Å²) in [7, 11) is 0. The molecule has 2 rings (SSSR count). The fourth-order valence-electron chi connectivity index (χ4n) is 2.33. The Morgan fingerprint density at radius 1 is 1.30 bits per heavy atom. The second kappa shape index (κ2) is 7.01. The van der Waals surface area contributed by atoms with Gasteiger partial charge in [0, 0.05) is 24.1 Å². The molecule has 1 heterocycles. The zero-order valence-corrected chi connectivity index (χ0v) is 11.6. The highest BCUT2D eigenvalue weighted by Gasteiger charge is 2.12. The van der Waals surface area contributed by atoms with Gasteiger partial charge in [-0.2, -0.15) is 0 Å². The van der Waals surface area contributed by atoms with Crippen LogP contribution in [-0.2, 0) is 12.8 Å². The molecule has 0 spiro atoms. The topological polar surface area (TPSA) is 50.9 Å². The lowest BCUT2D eigenvalue weighted by molar-refractivity contribution is 0.519. The van der Waals surface area contributed by atoms with Gasteiger partial charge in [0.1, 0.15) is 5.82 Å². The van der Waals surface area contributed by atoms with Crippen molar-refractivity contribution in [3.8, 4) is 0 Å². The molecule has 0 amide bonds. The lowest BCUT2D eigenvalue weighted by Gasteiger charge is -2.19. The van der Waals surface area contributed by atoms with Crippen LogP contribution < -0.4 is 11.1 Å². The molecule has 106 valence electrons. The van der Waals surface area contributed by atoms with E-state index in [4.69, 9.17) is 5.73 Å². The summed E-state index contributed by atoms with van der Waals surface area (Å²) < 4.78 is 13.2. The van der Waals surface area contributed by atoms with Crippen molar-refractivity contribution < 1.29 is 4.39 Å². The van der Waals surface area contributed by atoms with Gasteiger partial charge in [0.25, 0.3) is 0 Å². The van der Waals surface area contributed by atoms with Crippen molar-refractivity contribution in [2.24, 2.45) is 0 Å². The molecule has 3 N–H and O–H groups in total. The molecule has 1 atom stereocenters. The van der Waals surface area contributed by atoms with E-state index < -0.39 is 0 Å². The van der Waals surface area contributed by atoms with Crippen LogP contribution in [0.2, 0.25) is 0 Å². The van der Waals surface area contributed by atoms with Gasteiger partial charge in [-0.1, -0.05) is 19.1 Å². The molecule has 0 aliphatic rings. The fourth-order valence-corrected chi connectivity index (χ4v) is 2.33. The normalized spacial score (nSPS) is 12.3. The standard InChI is InChI=1S/C16H20FN3/c1-2-20-15(9-12-4-3-5-14(17)8-12)10-13-11-19-7-6-16(13)18/h3-8,11,15,20H,2,9-10H2,1H3,(H2,18,19). The Kier molecular flexibility index (Phi) is 5.07. The van der Waals surface area contributed by atoms with E-state index in [9.17, 15) is 4.39 Å². The third-order valence-electron chi connectivity index (χ3n) is 3.27. The van der Waals surface area contributed by atoms with Crippen molar-refractivity contribution in [1.29, 1.82) is 0 Å². The second-order valence-corrected chi connectivity index (χ2v) is 4.87. The molecule has 0 fully saturated rings. The van der Waals surface area contributed by atoms with E-state index >= 15 is 0 Å². The summed E-state index contributed by atoms with van der Waals surface area (Å²) >= 11 is 0. The van der Waals surface area contributed by atoms with Gasteiger partial charge in [0.15, 0.2) is 0 Å². The summed E-state index contributed by atoms with van der Waals surface area (Å²) in [5, 5.41) is 3.42. The number of benzene rings is 1. The van der Waals surface area contributed by atoms with Gasteiger partial charge < -0.3 is 11.1 Å². The Hall–Kier alpha value is -1.94. The Morgan fingerprint density at radius 3 is 2.85 bits per heavy atom. The third-order valence-corrected chi connectivity index (χ3v) is 3.27. The maximum atomic E-state index is 13.2. The molecule has 0 saturated heterocycles. The van der Waals surface area contributed by atoms with Crippen LogP contribution in [0.1, 0.15) is 18.1 Å². The van der Waals surface area contributed by atoms with Crippen LogP contribution in [0.4, 0.5) is 10.1 Å². The number of halogens is 1. The number of pyridine rings is 1. The van der Waals surface area contributed by atoms with Crippen molar-refractivity contribution in [3.63, 3.8) is 0 Å². The summed E-state index contributed by atoms with van der Waals surface area (Å²) in [6.07, 6.45) is 5.03. The van der Waals surface area contributed by atoms with Crippen LogP contribution in [0.15, 0.2) is 42.7 Å². The van der Waals surface area contributed by atoms with Crippen molar-refractivity contribution >= 4 is 5.69 Å². The summed E-state index contributed by atoms with van der Waals surface area (Å²) in [6, 6.07) is 8.75. The van der Waals surface area contributed by atoms with Gasteiger partial charge in [0.2, 0.25) is 0 Å². The van der Waals surface area contributed by atoms with Crippen LogP contribution in [0.25, 0.3) is 0 Å². The summed E-state index contributed by atoms with van der Waals surface area (Å²) in [5.41, 5.74) is 8.71. The molecule has 1 aromatic carbocycles. The monoisotopic (exact) mass is 273 g/mol. The third kappa shape index (κ3) is 4.03. The van der Waals surface area contributed by atoms with Crippen molar-refractivity contribution in [2.75, 3.05) is 12.3 Å². The van der Waals surface area contributed by atoms with Gasteiger partial charge in [-0.15, -0.1) is 0 Å². The van der Waals surface area contributed by atoms with Crippen LogP contribution in [0.5, 0.6) is 0 Å². The number of rotatable bonds is 6. The highest BCUT2D eigenvalue weighted by atomic mass is 19.1. The molecular weight excluding hydrogens is 253 g/mol. The SMILES string of the molecule is CCNC(Cc1cccc(F)c1)Cc1cnccc1N. The summed E-state index contributed by atoms with van der Waals surface area (Å²) in [6.45, 7) is 2.92. The highest BCUT2D eigenvalue weighted by molar-refractivity contribution is 5.44. The Labute approximate surface area is 119 Å². The quantitative estimate of drug-likeness (QED) is 0.850. The number of hydrogen-bond acceptors (Lipinski definition) is 3. The number of nitrogens with two attached hydrogens (primary N) is 1. The number of hydrogen-bond donors (Lipinski definition) is 2. The molecule has 0 saturated carbocycles. The number of aromatic nitrogens is 1. The molecule has 0 aliphatic heterocycles. The summed E-state index contributed by atoms with van der Waals surface area (Å²) in [4.78, 5) is 4.11. The lowest BCUT2D eigenvalue weighted by atomic mass is 9.99. The van der Waals surface area contributed by atoms with Crippen LogP contribution >= 0.6 is 0 Å². The van der Waals surface area contributed by atoms with Gasteiger partial charge in [-0.25, -0.2) is 4.39 Å². The molecule has 2 aromatic rings. The molecule has 4 heteroatoms. The van der Waals surface area contributed by atoms with Crippen molar-refractivity contribution in [1.82, 2.24) is 10.3 Å². The van der Waals surface area contributed by atoms with E-state index in [-0.39, 0.29) is 11.9 Å². The molecule has 3 nitrogen and oxygen atoms in total. The predicted molar refractivity (Wildman–Crippen MR) is 79.9 cm³/mol. The average molecular weight is 273 g/mol. The minimum absolute atomic E-state index is 0.196. The van der Waals surface area contributed by atoms with Gasteiger partial charge in [0.05, 0.1) is 0 Å². The second-order valence-electron chi connectivity index (χ2n) is 4.87. The van der Waals surface area contributed by atoms with E-state index in [1.165, 1.54) is 6.07 Å². The van der Waals surface area contributed by atoms with E-state index in [0.717, 1.165) is 36.2 Å². The molecule has 0 radical (unpaired) electrons. The number of nitrogen functional groups attached to an aromatic ring is 1. The average Bonchev–Trinajstić information content (AvgIpc) is 2.42. The summed E-state index contributed by atoms with van der Waals surface area (Å²) in [5.74, 6) is -0.196. The van der Waals surface area contributed by atoms with E-state index in [2.05, 4.69) is 17.2 Å². The number of likely N-dealkylation sites (N-methyl/N-ethyl adjacent to an activating group) is 1. The lowest BCUT2D eigenvalue weighted by Crippen LogP contribution is -2.33. The number of anilines is 1. The first kappa shape index (κ1) is 14.5. The van der Waals surface area contributed by atoms with Crippen LogP contribution in [-0.4, -0.2) is 17.6 Å². The van der Waals surface area contributed by atoms with Crippen LogP contribution in [0, 0.1) is 5.82 Å². The van der Waals surface area contributed by atoms with Crippen LogP contribution in [0.3, 0.4) is 0 Å². The zero-order valence-electron chi connectivity index (χ0n) is 11.6. The molecule has 1 aromatic heterocycles. The number of nitrogens with zero attached hydrogens (tertiary/aromatic N) is 1. The highest BCUT2D eigenvalue weighted by Crippen LogP contribution is 2.14. The van der Waals surface area contributed by atoms with E-state index in [1.54, 1.807) is 30.6 Å². The number of nitrogens with one attached hydrogen (secondary N) is 1. The predicted octanol–water partition coefficient (Wildman–Crippen LogP) is 2.57. The zero-order chi connectivity index (χ0) is 14.4. The van der Waals surface area contributed by atoms with Gasteiger partial charge >= 0.3 is 0 Å². The van der Waals surface area contributed by atoms with Gasteiger partial charge in [-0.05, 0) is 48.7 Å². The van der Waals surface area contributed by atoms with Gasteiger partial charge in [-0.3, -0.25) is 4.98 Å². The smallest absolute Gasteiger partial charge is 0.123 e. The van der Waals surface area contributed by atoms with E-state index in [1.807, 2.05) is 6.07 Å². The first-order chi connectivity index (χ1) is 9.69. The molecule has 1 unspecified atom stereocenters. The van der Waals surface area contributed by atoms with E-state index in [0.29, 0.717) is 0 Å². The maximum absolute atomic E-state index is 13.2. The van der Waals surface area contributed by atoms with Crippen molar-refractivity contribution in [3.05, 3.63) is 59.7 Å². The minimum atomic E-state index is -0.196. The first-order valence-corrected chi connectivity index (χ1v) is 6.85. The molecule has 0 aliphatic carbocycles. The Balaban J connectivity index is 2.09. The first-order valence-electron chi connectivity index (χ1n) is 6.85. The molecular formula is C16H20FN3. The molecule has 20 heavy (non-hydrogen) atoms.